The minimum Gasteiger partial charge on any atom is -0.388 e. The molecule has 4 heteroatoms. The maximum absolute atomic E-state index is 11.9. The van der Waals surface area contributed by atoms with Crippen molar-refractivity contribution in [3.8, 4) is 0 Å². The van der Waals surface area contributed by atoms with Crippen molar-refractivity contribution in [2.24, 2.45) is 5.92 Å². The molecule has 2 rings (SSSR count). The van der Waals surface area contributed by atoms with Crippen LogP contribution in [0.3, 0.4) is 0 Å². The van der Waals surface area contributed by atoms with Gasteiger partial charge in [-0.1, -0.05) is 30.3 Å². The van der Waals surface area contributed by atoms with Crippen molar-refractivity contribution >= 4 is 5.91 Å². The van der Waals surface area contributed by atoms with Crippen LogP contribution in [0.15, 0.2) is 30.3 Å². The predicted octanol–water partition coefficient (Wildman–Crippen LogP) is 1.61. The second-order valence-corrected chi connectivity index (χ2v) is 5.01. The molecule has 0 aromatic heterocycles. The van der Waals surface area contributed by atoms with Crippen molar-refractivity contribution in [3.05, 3.63) is 35.9 Å². The molecule has 1 aromatic carbocycles. The number of carbonyl (C=O) groups is 1. The van der Waals surface area contributed by atoms with Crippen LogP contribution in [-0.4, -0.2) is 42.7 Å². The van der Waals surface area contributed by atoms with Crippen LogP contribution in [0.2, 0.25) is 0 Å². The molecule has 1 aliphatic heterocycles. The van der Waals surface area contributed by atoms with Crippen LogP contribution < -0.4 is 0 Å². The predicted molar refractivity (Wildman–Crippen MR) is 72.6 cm³/mol. The number of likely N-dealkylation sites (tertiary alicyclic amines) is 1. The van der Waals surface area contributed by atoms with Gasteiger partial charge in [-0.3, -0.25) is 4.79 Å². The summed E-state index contributed by atoms with van der Waals surface area (Å²) in [4.78, 5) is 13.7. The second-order valence-electron chi connectivity index (χ2n) is 5.01. The average molecular weight is 263 g/mol. The number of methoxy groups -OCH3 is 1. The van der Waals surface area contributed by atoms with Crippen LogP contribution in [-0.2, 0) is 9.53 Å². The number of aliphatic hydroxyl groups is 1. The quantitative estimate of drug-likeness (QED) is 0.793. The first kappa shape index (κ1) is 14.0. The number of rotatable bonds is 6. The van der Waals surface area contributed by atoms with Gasteiger partial charge in [0.05, 0.1) is 6.10 Å². The molecule has 0 bridgehead atoms. The van der Waals surface area contributed by atoms with Crippen LogP contribution in [0, 0.1) is 5.92 Å². The molecule has 4 nitrogen and oxygen atoms in total. The molecule has 1 aromatic rings. The Balaban J connectivity index is 1.91. The van der Waals surface area contributed by atoms with E-state index in [1.54, 1.807) is 7.11 Å². The van der Waals surface area contributed by atoms with Crippen molar-refractivity contribution in [3.63, 3.8) is 0 Å². The number of ether oxygens (including phenoxy) is 1. The highest BCUT2D eigenvalue weighted by Crippen LogP contribution is 2.30. The summed E-state index contributed by atoms with van der Waals surface area (Å²) in [6.45, 7) is 2.01. The molecule has 0 saturated carbocycles. The van der Waals surface area contributed by atoms with Gasteiger partial charge < -0.3 is 14.7 Å². The van der Waals surface area contributed by atoms with E-state index >= 15 is 0 Å². The van der Waals surface area contributed by atoms with E-state index in [0.29, 0.717) is 26.1 Å². The van der Waals surface area contributed by atoms with E-state index in [0.717, 1.165) is 12.0 Å². The molecule has 104 valence electrons. The molecular formula is C15H21NO3. The molecule has 1 aliphatic rings. The smallest absolute Gasteiger partial charge is 0.223 e. The fourth-order valence-electron chi connectivity index (χ4n) is 2.55. The van der Waals surface area contributed by atoms with E-state index < -0.39 is 6.10 Å². The summed E-state index contributed by atoms with van der Waals surface area (Å²) in [5, 5.41) is 10.3. The molecule has 1 amide bonds. The van der Waals surface area contributed by atoms with Gasteiger partial charge >= 0.3 is 0 Å². The lowest BCUT2D eigenvalue weighted by molar-refractivity contribution is -0.127. The van der Waals surface area contributed by atoms with Crippen molar-refractivity contribution in [1.29, 1.82) is 0 Å². The van der Waals surface area contributed by atoms with Gasteiger partial charge in [-0.05, 0) is 12.0 Å². The Bertz CT molecular complexity index is 407. The zero-order valence-corrected chi connectivity index (χ0v) is 11.3. The highest BCUT2D eigenvalue weighted by atomic mass is 16.5. The third-order valence-corrected chi connectivity index (χ3v) is 3.61. The number of hydrogen-bond acceptors (Lipinski definition) is 3. The maximum Gasteiger partial charge on any atom is 0.223 e. The van der Waals surface area contributed by atoms with Gasteiger partial charge in [-0.25, -0.2) is 0 Å². The van der Waals surface area contributed by atoms with Gasteiger partial charge in [0, 0.05) is 39.1 Å². The van der Waals surface area contributed by atoms with E-state index in [1.807, 2.05) is 35.2 Å². The van der Waals surface area contributed by atoms with E-state index in [2.05, 4.69) is 0 Å². The van der Waals surface area contributed by atoms with Crippen molar-refractivity contribution in [2.75, 3.05) is 26.8 Å². The SMILES string of the molecule is COCCCN1CC(C(O)c2ccccc2)CC1=O. The Hall–Kier alpha value is -1.39. The monoisotopic (exact) mass is 263 g/mol. The lowest BCUT2D eigenvalue weighted by Crippen LogP contribution is -2.27. The Morgan fingerprint density at radius 2 is 2.16 bits per heavy atom. The maximum atomic E-state index is 11.9. The molecule has 2 atom stereocenters. The Kier molecular flexibility index (Phi) is 4.93. The van der Waals surface area contributed by atoms with Crippen molar-refractivity contribution < 1.29 is 14.6 Å². The highest BCUT2D eigenvalue weighted by molar-refractivity contribution is 5.78. The molecule has 0 radical (unpaired) electrons. The fourth-order valence-corrected chi connectivity index (χ4v) is 2.55. The minimum absolute atomic E-state index is 0.00237. The fraction of sp³-hybridized carbons (Fsp3) is 0.533. The molecule has 0 aliphatic carbocycles. The first-order chi connectivity index (χ1) is 9.22. The molecule has 1 N–H and O–H groups in total. The molecule has 19 heavy (non-hydrogen) atoms. The first-order valence-electron chi connectivity index (χ1n) is 6.72. The van der Waals surface area contributed by atoms with Crippen molar-refractivity contribution in [1.82, 2.24) is 4.90 Å². The lowest BCUT2D eigenvalue weighted by Gasteiger charge is -2.19. The number of nitrogens with zero attached hydrogens (tertiary/aromatic N) is 1. The third-order valence-electron chi connectivity index (χ3n) is 3.61. The largest absolute Gasteiger partial charge is 0.388 e. The number of hydrogen-bond donors (Lipinski definition) is 1. The molecule has 1 heterocycles. The van der Waals surface area contributed by atoms with Gasteiger partial charge in [-0.15, -0.1) is 0 Å². The Morgan fingerprint density at radius 1 is 1.42 bits per heavy atom. The zero-order chi connectivity index (χ0) is 13.7. The van der Waals surface area contributed by atoms with Crippen molar-refractivity contribution in [2.45, 2.75) is 18.9 Å². The van der Waals surface area contributed by atoms with E-state index in [1.165, 1.54) is 0 Å². The van der Waals surface area contributed by atoms with Gasteiger partial charge in [0.2, 0.25) is 5.91 Å². The summed E-state index contributed by atoms with van der Waals surface area (Å²) in [6.07, 6.45) is 0.719. The molecule has 0 spiro atoms. The normalized spacial score (nSPS) is 20.8. The highest BCUT2D eigenvalue weighted by Gasteiger charge is 2.34. The molecule has 2 unspecified atom stereocenters. The summed E-state index contributed by atoms with van der Waals surface area (Å²) >= 11 is 0. The molecule has 1 fully saturated rings. The Labute approximate surface area is 114 Å². The van der Waals surface area contributed by atoms with Crippen LogP contribution in [0.5, 0.6) is 0 Å². The third kappa shape index (κ3) is 3.55. The van der Waals surface area contributed by atoms with Gasteiger partial charge in [0.15, 0.2) is 0 Å². The molecular weight excluding hydrogens is 242 g/mol. The van der Waals surface area contributed by atoms with Crippen LogP contribution in [0.4, 0.5) is 0 Å². The Morgan fingerprint density at radius 3 is 2.84 bits per heavy atom. The van der Waals surface area contributed by atoms with Crippen LogP contribution in [0.25, 0.3) is 0 Å². The van der Waals surface area contributed by atoms with E-state index in [9.17, 15) is 9.90 Å². The van der Waals surface area contributed by atoms with Gasteiger partial charge in [0.25, 0.3) is 0 Å². The zero-order valence-electron chi connectivity index (χ0n) is 11.3. The first-order valence-corrected chi connectivity index (χ1v) is 6.72. The van der Waals surface area contributed by atoms with Crippen LogP contribution in [0.1, 0.15) is 24.5 Å². The lowest BCUT2D eigenvalue weighted by atomic mass is 9.95. The summed E-state index contributed by atoms with van der Waals surface area (Å²) in [5.74, 6) is 0.133. The summed E-state index contributed by atoms with van der Waals surface area (Å²) < 4.78 is 4.99. The number of aliphatic hydroxyl groups excluding tert-OH is 1. The minimum atomic E-state index is -0.558. The van der Waals surface area contributed by atoms with E-state index in [4.69, 9.17) is 4.74 Å². The summed E-state index contributed by atoms with van der Waals surface area (Å²) in [7, 11) is 1.66. The van der Waals surface area contributed by atoms with Gasteiger partial charge in [-0.2, -0.15) is 0 Å². The summed E-state index contributed by atoms with van der Waals surface area (Å²) in [6, 6.07) is 9.55. The summed E-state index contributed by atoms with van der Waals surface area (Å²) in [5.41, 5.74) is 0.888. The number of carbonyl (C=O) groups excluding carboxylic acids is 1. The average Bonchev–Trinajstić information content (AvgIpc) is 2.81. The second kappa shape index (κ2) is 6.68. The standard InChI is InChI=1S/C15H21NO3/c1-19-9-5-8-16-11-13(10-14(16)17)15(18)12-6-3-2-4-7-12/h2-4,6-7,13,15,18H,5,8-11H2,1H3. The number of amides is 1. The topological polar surface area (TPSA) is 49.8 Å². The molecule has 1 saturated heterocycles. The number of benzene rings is 1. The van der Waals surface area contributed by atoms with Gasteiger partial charge in [0.1, 0.15) is 0 Å². The van der Waals surface area contributed by atoms with Crippen LogP contribution >= 0.6 is 0 Å². The van der Waals surface area contributed by atoms with E-state index in [-0.39, 0.29) is 11.8 Å².